The highest BCUT2D eigenvalue weighted by atomic mass is 19.1. The van der Waals surface area contributed by atoms with Gasteiger partial charge in [0.25, 0.3) is 5.91 Å². The van der Waals surface area contributed by atoms with E-state index in [1.54, 1.807) is 6.07 Å². The highest BCUT2D eigenvalue weighted by Crippen LogP contribution is 2.25. The Bertz CT molecular complexity index is 464. The van der Waals surface area contributed by atoms with Crippen LogP contribution in [0.1, 0.15) is 29.6 Å². The van der Waals surface area contributed by atoms with E-state index < -0.39 is 11.7 Å². The average Bonchev–Trinajstić information content (AvgIpc) is 2.81. The lowest BCUT2D eigenvalue weighted by atomic mass is 10.1. The van der Waals surface area contributed by atoms with E-state index in [9.17, 15) is 14.3 Å². The molecule has 2 rings (SSSR count). The summed E-state index contributed by atoms with van der Waals surface area (Å²) in [5, 5.41) is 12.3. The molecule has 0 aromatic heterocycles. The lowest BCUT2D eigenvalue weighted by Crippen LogP contribution is -2.33. The molecule has 0 heterocycles. The summed E-state index contributed by atoms with van der Waals surface area (Å²) in [7, 11) is 1.40. The van der Waals surface area contributed by atoms with Crippen LogP contribution in [0.2, 0.25) is 0 Å². The van der Waals surface area contributed by atoms with Crippen LogP contribution in [0, 0.1) is 11.7 Å². The molecule has 5 heteroatoms. The fraction of sp³-hybridized carbons (Fsp3) is 0.500. The molecule has 1 amide bonds. The summed E-state index contributed by atoms with van der Waals surface area (Å²) in [6.45, 7) is 0.359. The Morgan fingerprint density at radius 1 is 1.53 bits per heavy atom. The van der Waals surface area contributed by atoms with Crippen LogP contribution < -0.4 is 10.1 Å². The summed E-state index contributed by atoms with van der Waals surface area (Å²) in [6, 6.07) is 4.26. The van der Waals surface area contributed by atoms with Crippen molar-refractivity contribution in [2.24, 2.45) is 5.92 Å². The van der Waals surface area contributed by atoms with E-state index in [0.29, 0.717) is 6.54 Å². The topological polar surface area (TPSA) is 58.6 Å². The Morgan fingerprint density at radius 3 is 2.95 bits per heavy atom. The van der Waals surface area contributed by atoms with Crippen molar-refractivity contribution in [2.45, 2.75) is 25.4 Å². The highest BCUT2D eigenvalue weighted by molar-refractivity contribution is 5.97. The van der Waals surface area contributed by atoms with Crippen LogP contribution in [0.25, 0.3) is 0 Å². The maximum Gasteiger partial charge on any atom is 0.258 e. The number of carbonyl (C=O) groups is 1. The minimum atomic E-state index is -0.608. The van der Waals surface area contributed by atoms with Gasteiger partial charge in [0.05, 0.1) is 13.2 Å². The van der Waals surface area contributed by atoms with Crippen LogP contribution in [-0.4, -0.2) is 30.8 Å². The summed E-state index contributed by atoms with van der Waals surface area (Å²) in [6.07, 6.45) is 2.24. The number of methoxy groups -OCH3 is 1. The van der Waals surface area contributed by atoms with E-state index in [1.807, 2.05) is 0 Å². The van der Waals surface area contributed by atoms with Gasteiger partial charge in [0, 0.05) is 12.5 Å². The van der Waals surface area contributed by atoms with Gasteiger partial charge in [-0.25, -0.2) is 4.39 Å². The Kier molecular flexibility index (Phi) is 4.37. The largest absolute Gasteiger partial charge is 0.496 e. The molecule has 19 heavy (non-hydrogen) atoms. The van der Waals surface area contributed by atoms with Gasteiger partial charge in [-0.15, -0.1) is 0 Å². The van der Waals surface area contributed by atoms with Crippen molar-refractivity contribution in [3.63, 3.8) is 0 Å². The monoisotopic (exact) mass is 267 g/mol. The minimum Gasteiger partial charge on any atom is -0.496 e. The van der Waals surface area contributed by atoms with E-state index in [4.69, 9.17) is 4.74 Å². The zero-order valence-electron chi connectivity index (χ0n) is 10.9. The number of amides is 1. The normalized spacial score (nSPS) is 22.3. The second kappa shape index (κ2) is 6.02. The molecule has 0 spiro atoms. The van der Waals surface area contributed by atoms with Gasteiger partial charge < -0.3 is 15.2 Å². The van der Waals surface area contributed by atoms with Crippen molar-refractivity contribution in [3.8, 4) is 5.75 Å². The van der Waals surface area contributed by atoms with Gasteiger partial charge in [-0.3, -0.25) is 4.79 Å². The molecule has 104 valence electrons. The van der Waals surface area contributed by atoms with Crippen LogP contribution >= 0.6 is 0 Å². The van der Waals surface area contributed by atoms with E-state index in [1.165, 1.54) is 19.2 Å². The molecule has 1 aromatic carbocycles. The van der Waals surface area contributed by atoms with Gasteiger partial charge in [0.15, 0.2) is 0 Å². The van der Waals surface area contributed by atoms with Crippen LogP contribution in [0.3, 0.4) is 0 Å². The summed E-state index contributed by atoms with van der Waals surface area (Å²) in [4.78, 5) is 12.0. The van der Waals surface area contributed by atoms with Crippen molar-refractivity contribution in [2.75, 3.05) is 13.7 Å². The quantitative estimate of drug-likeness (QED) is 0.873. The fourth-order valence-corrected chi connectivity index (χ4v) is 2.46. The number of rotatable bonds is 4. The molecule has 2 unspecified atom stereocenters. The molecule has 1 saturated carbocycles. The van der Waals surface area contributed by atoms with Gasteiger partial charge in [0.1, 0.15) is 17.1 Å². The molecular formula is C14H18FNO3. The Morgan fingerprint density at radius 2 is 2.32 bits per heavy atom. The Labute approximate surface area is 111 Å². The highest BCUT2D eigenvalue weighted by Gasteiger charge is 2.26. The van der Waals surface area contributed by atoms with Gasteiger partial charge in [-0.1, -0.05) is 12.5 Å². The molecule has 0 radical (unpaired) electrons. The second-order valence-corrected chi connectivity index (χ2v) is 4.79. The summed E-state index contributed by atoms with van der Waals surface area (Å²) >= 11 is 0. The Balaban J connectivity index is 2.03. The SMILES string of the molecule is COc1cccc(F)c1C(=O)NCC1CCCC1O. The van der Waals surface area contributed by atoms with Gasteiger partial charge in [-0.05, 0) is 25.0 Å². The van der Waals surface area contributed by atoms with E-state index >= 15 is 0 Å². The van der Waals surface area contributed by atoms with Crippen molar-refractivity contribution in [3.05, 3.63) is 29.6 Å². The van der Waals surface area contributed by atoms with Crippen LogP contribution in [-0.2, 0) is 0 Å². The third-order valence-corrected chi connectivity index (χ3v) is 3.57. The number of aliphatic hydroxyl groups excluding tert-OH is 1. The summed E-state index contributed by atoms with van der Waals surface area (Å²) in [5.41, 5.74) is -0.0857. The molecule has 1 aliphatic rings. The first-order valence-electron chi connectivity index (χ1n) is 6.42. The van der Waals surface area contributed by atoms with E-state index in [2.05, 4.69) is 5.32 Å². The van der Waals surface area contributed by atoms with Crippen molar-refractivity contribution < 1.29 is 19.0 Å². The molecule has 0 aliphatic heterocycles. The second-order valence-electron chi connectivity index (χ2n) is 4.79. The van der Waals surface area contributed by atoms with Crippen LogP contribution in [0.15, 0.2) is 18.2 Å². The first-order chi connectivity index (χ1) is 9.13. The van der Waals surface area contributed by atoms with Gasteiger partial charge >= 0.3 is 0 Å². The number of carbonyl (C=O) groups excluding carboxylic acids is 1. The number of aliphatic hydroxyl groups is 1. The number of hydrogen-bond acceptors (Lipinski definition) is 3. The van der Waals surface area contributed by atoms with Gasteiger partial charge in [0.2, 0.25) is 0 Å². The molecule has 0 saturated heterocycles. The molecule has 1 aliphatic carbocycles. The average molecular weight is 267 g/mol. The molecule has 2 N–H and O–H groups in total. The number of halogens is 1. The van der Waals surface area contributed by atoms with Crippen LogP contribution in [0.5, 0.6) is 5.75 Å². The molecule has 1 fully saturated rings. The molecule has 4 nitrogen and oxygen atoms in total. The predicted octanol–water partition coefficient (Wildman–Crippen LogP) is 1.73. The number of hydrogen-bond donors (Lipinski definition) is 2. The minimum absolute atomic E-state index is 0.0571. The first kappa shape index (κ1) is 13.8. The smallest absolute Gasteiger partial charge is 0.258 e. The maximum absolute atomic E-state index is 13.7. The predicted molar refractivity (Wildman–Crippen MR) is 68.6 cm³/mol. The molecular weight excluding hydrogens is 249 g/mol. The Hall–Kier alpha value is -1.62. The van der Waals surface area contributed by atoms with Crippen molar-refractivity contribution in [1.29, 1.82) is 0 Å². The van der Waals surface area contributed by atoms with E-state index in [0.717, 1.165) is 19.3 Å². The van der Waals surface area contributed by atoms with Crippen molar-refractivity contribution in [1.82, 2.24) is 5.32 Å². The number of benzene rings is 1. The molecule has 2 atom stereocenters. The summed E-state index contributed by atoms with van der Waals surface area (Å²) < 4.78 is 18.7. The number of ether oxygens (including phenoxy) is 1. The molecule has 1 aromatic rings. The third kappa shape index (κ3) is 3.04. The number of nitrogens with one attached hydrogen (secondary N) is 1. The lowest BCUT2D eigenvalue weighted by Gasteiger charge is -2.16. The standard InChI is InChI=1S/C14H18FNO3/c1-19-12-7-3-5-10(15)13(12)14(18)16-8-9-4-2-6-11(9)17/h3,5,7,9,11,17H,2,4,6,8H2,1H3,(H,16,18). The molecule has 0 bridgehead atoms. The first-order valence-corrected chi connectivity index (χ1v) is 6.42. The van der Waals surface area contributed by atoms with Gasteiger partial charge in [-0.2, -0.15) is 0 Å². The van der Waals surface area contributed by atoms with Crippen LogP contribution in [0.4, 0.5) is 4.39 Å². The zero-order valence-corrected chi connectivity index (χ0v) is 10.9. The lowest BCUT2D eigenvalue weighted by molar-refractivity contribution is 0.0910. The third-order valence-electron chi connectivity index (χ3n) is 3.57. The van der Waals surface area contributed by atoms with Crippen molar-refractivity contribution >= 4 is 5.91 Å². The summed E-state index contributed by atoms with van der Waals surface area (Å²) in [5.74, 6) is -0.843. The van der Waals surface area contributed by atoms with E-state index in [-0.39, 0.29) is 23.3 Å². The zero-order chi connectivity index (χ0) is 13.8. The maximum atomic E-state index is 13.7. The fourth-order valence-electron chi connectivity index (χ4n) is 2.46.